The largest absolute Gasteiger partial charge is 0.497 e. The molecule has 0 atom stereocenters. The summed E-state index contributed by atoms with van der Waals surface area (Å²) in [6.45, 7) is 10.2. The molecule has 6 aromatic heterocycles. The number of carbonyl (C=O) groups is 2. The summed E-state index contributed by atoms with van der Waals surface area (Å²) in [6.07, 6.45) is 7.63. The average Bonchev–Trinajstić information content (AvgIpc) is 4.15. The Morgan fingerprint density at radius 1 is 0.569 bits per heavy atom. The molecule has 0 aliphatic carbocycles. The normalized spacial score (nSPS) is 11.7. The molecule has 0 fully saturated rings. The third kappa shape index (κ3) is 8.78. The van der Waals surface area contributed by atoms with Gasteiger partial charge in [0.25, 0.3) is 0 Å². The van der Waals surface area contributed by atoms with Gasteiger partial charge in [-0.1, -0.05) is 36.4 Å². The van der Waals surface area contributed by atoms with Crippen molar-refractivity contribution in [2.75, 3.05) is 14.2 Å². The van der Waals surface area contributed by atoms with Crippen molar-refractivity contribution in [1.29, 1.82) is 0 Å². The van der Waals surface area contributed by atoms with Gasteiger partial charge in [0.15, 0.2) is 11.6 Å². The molecule has 18 nitrogen and oxygen atoms in total. The quantitative estimate of drug-likeness (QED) is 0.0773. The molecular formula is C54H52N12O6. The van der Waals surface area contributed by atoms with Gasteiger partial charge >= 0.3 is 0 Å². The molecule has 18 heteroatoms. The van der Waals surface area contributed by atoms with Crippen molar-refractivity contribution in [3.8, 4) is 46.0 Å². The number of aryl methyl sites for hydroxylation is 4. The number of hydrogen-bond acceptors (Lipinski definition) is 12. The van der Waals surface area contributed by atoms with Gasteiger partial charge in [-0.2, -0.15) is 10.2 Å². The lowest BCUT2D eigenvalue weighted by Gasteiger charge is -2.13. The fourth-order valence-electron chi connectivity index (χ4n) is 9.10. The molecular weight excluding hydrogens is 913 g/mol. The molecule has 0 spiro atoms. The van der Waals surface area contributed by atoms with E-state index < -0.39 is 11.8 Å². The molecule has 0 aliphatic rings. The van der Waals surface area contributed by atoms with Crippen molar-refractivity contribution < 1.29 is 28.5 Å². The second kappa shape index (κ2) is 19.4. The van der Waals surface area contributed by atoms with Gasteiger partial charge in [0.2, 0.25) is 11.8 Å². The summed E-state index contributed by atoms with van der Waals surface area (Å²) in [6, 6.07) is 26.0. The van der Waals surface area contributed by atoms with Gasteiger partial charge in [-0.15, -0.1) is 0 Å². The van der Waals surface area contributed by atoms with E-state index in [4.69, 9.17) is 50.4 Å². The highest BCUT2D eigenvalue weighted by Gasteiger charge is 2.24. The summed E-state index contributed by atoms with van der Waals surface area (Å²) in [5, 5.41) is 12.1. The predicted octanol–water partition coefficient (Wildman–Crippen LogP) is 8.50. The van der Waals surface area contributed by atoms with Gasteiger partial charge in [-0.05, 0) is 99.5 Å². The number of benzene rings is 4. The van der Waals surface area contributed by atoms with E-state index >= 15 is 0 Å². The number of hydrogen-bond donors (Lipinski definition) is 2. The van der Waals surface area contributed by atoms with E-state index in [1.807, 2.05) is 110 Å². The number of carbonyl (C=O) groups excluding carboxylic acids is 2. The fraction of sp³-hybridized carbons (Fsp3) is 0.222. The monoisotopic (exact) mass is 964 g/mol. The number of nitrogens with zero attached hydrogens (tertiary/aromatic N) is 10. The molecule has 6 heterocycles. The number of primary amides is 2. The number of aromatic nitrogens is 10. The van der Waals surface area contributed by atoms with Crippen LogP contribution in [0.2, 0.25) is 0 Å². The lowest BCUT2D eigenvalue weighted by atomic mass is 10.1. The van der Waals surface area contributed by atoms with Crippen LogP contribution in [-0.2, 0) is 39.4 Å². The van der Waals surface area contributed by atoms with Crippen molar-refractivity contribution in [2.45, 2.75) is 67.1 Å². The number of fused-ring (bicyclic) bond motifs is 6. The van der Waals surface area contributed by atoms with Crippen LogP contribution in [0, 0.1) is 13.8 Å². The van der Waals surface area contributed by atoms with Crippen molar-refractivity contribution in [3.05, 3.63) is 143 Å². The molecule has 10 rings (SSSR count). The predicted molar refractivity (Wildman–Crippen MR) is 274 cm³/mol. The zero-order valence-corrected chi connectivity index (χ0v) is 40.7. The zero-order chi connectivity index (χ0) is 50.2. The third-order valence-corrected chi connectivity index (χ3v) is 12.6. The molecule has 2 amide bonds. The standard InChI is InChI=1S/C54H52N12O6/c1-7-65-43(21-31(3)61-65)51-57-27-41-39-23-35(49(55)67)25-45(71-29-33-11-15-37(69-5)16-12-33)47(39)63(53(41)59-51)19-9-10-20-64-48-40(42-28-58-52(60-54(42)64)44-22-32(4)62-66(44)8-2)24-36(50(56)68)26-46(48)72-30-34-13-17-38(70-6)18-14-34/h9-18,21-28H,7-8,19-20,29-30H2,1-6H3,(H2,55,67)(H2,56,68)/b10-9+. The van der Waals surface area contributed by atoms with E-state index in [1.54, 1.807) is 50.9 Å². The van der Waals surface area contributed by atoms with Crippen LogP contribution in [0.15, 0.2) is 109 Å². The number of rotatable bonds is 18. The van der Waals surface area contributed by atoms with Crippen LogP contribution in [0.5, 0.6) is 23.0 Å². The molecule has 72 heavy (non-hydrogen) atoms. The van der Waals surface area contributed by atoms with Gasteiger partial charge in [-0.25, -0.2) is 19.9 Å². The minimum absolute atomic E-state index is 0.196. The summed E-state index contributed by atoms with van der Waals surface area (Å²) in [5.41, 5.74) is 20.1. The Bertz CT molecular complexity index is 3490. The van der Waals surface area contributed by atoms with Crippen LogP contribution in [-0.4, -0.2) is 74.7 Å². The Balaban J connectivity index is 1.12. The molecule has 364 valence electrons. The molecule has 0 radical (unpaired) electrons. The molecule has 0 saturated heterocycles. The average molecular weight is 965 g/mol. The van der Waals surface area contributed by atoms with E-state index in [2.05, 4.69) is 19.3 Å². The van der Waals surface area contributed by atoms with Crippen LogP contribution >= 0.6 is 0 Å². The smallest absolute Gasteiger partial charge is 0.248 e. The first kappa shape index (κ1) is 46.7. The van der Waals surface area contributed by atoms with E-state index in [1.165, 1.54) is 0 Å². The third-order valence-electron chi connectivity index (χ3n) is 12.6. The second-order valence-electron chi connectivity index (χ2n) is 17.3. The first-order valence-electron chi connectivity index (χ1n) is 23.5. The van der Waals surface area contributed by atoms with Crippen LogP contribution < -0.4 is 30.4 Å². The van der Waals surface area contributed by atoms with Crippen LogP contribution in [0.3, 0.4) is 0 Å². The first-order valence-corrected chi connectivity index (χ1v) is 23.5. The van der Waals surface area contributed by atoms with Gasteiger partial charge in [0.05, 0.1) is 36.6 Å². The number of allylic oxidation sites excluding steroid dienone is 2. The minimum Gasteiger partial charge on any atom is -0.497 e. The zero-order valence-electron chi connectivity index (χ0n) is 40.7. The van der Waals surface area contributed by atoms with E-state index in [0.29, 0.717) is 93.2 Å². The van der Waals surface area contributed by atoms with Crippen LogP contribution in [0.4, 0.5) is 0 Å². The molecule has 0 saturated carbocycles. The topological polar surface area (TPSA) is 220 Å². The molecule has 4 N–H and O–H groups in total. The van der Waals surface area contributed by atoms with E-state index in [9.17, 15) is 9.59 Å². The Hall–Kier alpha value is -9.06. The van der Waals surface area contributed by atoms with Gasteiger partial charge in [0, 0.05) is 71.2 Å². The van der Waals surface area contributed by atoms with E-state index in [0.717, 1.165) is 45.4 Å². The Morgan fingerprint density at radius 3 is 1.33 bits per heavy atom. The van der Waals surface area contributed by atoms with Gasteiger partial charge in [0.1, 0.15) is 58.9 Å². The van der Waals surface area contributed by atoms with E-state index in [-0.39, 0.29) is 24.3 Å². The van der Waals surface area contributed by atoms with Crippen molar-refractivity contribution in [1.82, 2.24) is 48.6 Å². The van der Waals surface area contributed by atoms with Crippen molar-refractivity contribution in [3.63, 3.8) is 0 Å². The highest BCUT2D eigenvalue weighted by molar-refractivity contribution is 6.13. The molecule has 4 aromatic carbocycles. The van der Waals surface area contributed by atoms with Gasteiger partial charge in [-0.3, -0.25) is 19.0 Å². The fourth-order valence-corrected chi connectivity index (χ4v) is 9.10. The molecule has 0 unspecified atom stereocenters. The number of amides is 2. The Morgan fingerprint density at radius 2 is 0.972 bits per heavy atom. The summed E-state index contributed by atoms with van der Waals surface area (Å²) in [7, 11) is 3.24. The second-order valence-corrected chi connectivity index (χ2v) is 17.3. The lowest BCUT2D eigenvalue weighted by molar-refractivity contribution is 0.0991. The summed E-state index contributed by atoms with van der Waals surface area (Å²) < 4.78 is 31.8. The highest BCUT2D eigenvalue weighted by atomic mass is 16.5. The van der Waals surface area contributed by atoms with Crippen molar-refractivity contribution >= 4 is 55.7 Å². The van der Waals surface area contributed by atoms with Crippen molar-refractivity contribution in [2.24, 2.45) is 11.5 Å². The summed E-state index contributed by atoms with van der Waals surface area (Å²) in [4.78, 5) is 45.8. The summed E-state index contributed by atoms with van der Waals surface area (Å²) >= 11 is 0. The number of methoxy groups -OCH3 is 2. The molecule has 0 aliphatic heterocycles. The molecule has 10 aromatic rings. The Kier molecular flexibility index (Phi) is 12.6. The highest BCUT2D eigenvalue weighted by Crippen LogP contribution is 2.39. The summed E-state index contributed by atoms with van der Waals surface area (Å²) in [5.74, 6) is 2.10. The SMILES string of the molecule is CCn1nc(C)cc1-c1ncc2c3cc(C(N)=O)cc(OCc4ccc(OC)cc4)c3n(C/C=C/Cn3c4nc(-c5cc(C)nn5CC)ncc4c4cc(C(N)=O)cc(OCc5ccc(OC)cc5)c43)c2n1. The Labute approximate surface area is 413 Å². The maximum Gasteiger partial charge on any atom is 0.248 e. The van der Waals surface area contributed by atoms with Crippen LogP contribution in [0.25, 0.3) is 66.9 Å². The number of ether oxygens (including phenoxy) is 4. The molecule has 0 bridgehead atoms. The minimum atomic E-state index is -0.602. The maximum absolute atomic E-state index is 12.9. The number of nitrogens with two attached hydrogens (primary N) is 2. The van der Waals surface area contributed by atoms with Crippen LogP contribution in [0.1, 0.15) is 57.1 Å². The van der Waals surface area contributed by atoms with Gasteiger partial charge < -0.3 is 39.5 Å². The lowest BCUT2D eigenvalue weighted by Crippen LogP contribution is -2.11. The maximum atomic E-state index is 12.9. The first-order chi connectivity index (χ1) is 34.9.